The van der Waals surface area contributed by atoms with E-state index in [1.807, 2.05) is 23.6 Å². The number of hydrogen-bond acceptors (Lipinski definition) is 3. The molecule has 14 heavy (non-hydrogen) atoms. The highest BCUT2D eigenvalue weighted by Crippen LogP contribution is 2.08. The summed E-state index contributed by atoms with van der Waals surface area (Å²) < 4.78 is 3.99. The van der Waals surface area contributed by atoms with Crippen molar-refractivity contribution in [1.29, 1.82) is 0 Å². The molecule has 2 rings (SSSR count). The molecule has 0 saturated heterocycles. The molecule has 70 valence electrons. The molecule has 1 aromatic carbocycles. The summed E-state index contributed by atoms with van der Waals surface area (Å²) in [6.45, 7) is 0. The van der Waals surface area contributed by atoms with E-state index in [1.54, 1.807) is 18.2 Å². The van der Waals surface area contributed by atoms with Gasteiger partial charge in [0.1, 0.15) is 5.82 Å². The Morgan fingerprint density at radius 1 is 1.21 bits per heavy atom. The van der Waals surface area contributed by atoms with E-state index in [-0.39, 0.29) is 5.91 Å². The Kier molecular flexibility index (Phi) is 2.55. The lowest BCUT2D eigenvalue weighted by Crippen LogP contribution is -2.11. The largest absolute Gasteiger partial charge is 0.306 e. The molecule has 0 aliphatic rings. The third-order valence-electron chi connectivity index (χ3n) is 1.72. The van der Waals surface area contributed by atoms with E-state index < -0.39 is 0 Å². The molecule has 1 aromatic heterocycles. The summed E-state index contributed by atoms with van der Waals surface area (Å²) in [6, 6.07) is 10.8. The number of anilines is 1. The van der Waals surface area contributed by atoms with Crippen LogP contribution in [0, 0.1) is 0 Å². The van der Waals surface area contributed by atoms with E-state index in [4.69, 9.17) is 0 Å². The monoisotopic (exact) mass is 204 g/mol. The summed E-state index contributed by atoms with van der Waals surface area (Å²) in [4.78, 5) is 11.6. The minimum atomic E-state index is -0.128. The number of nitrogens with zero attached hydrogens (tertiary/aromatic N) is 1. The van der Waals surface area contributed by atoms with Crippen molar-refractivity contribution >= 4 is 23.3 Å². The number of carbonyl (C=O) groups is 1. The van der Waals surface area contributed by atoms with E-state index in [0.29, 0.717) is 11.4 Å². The molecule has 0 unspecified atom stereocenters. The number of nitrogens with one attached hydrogen (secondary N) is 1. The number of rotatable bonds is 2. The molecule has 0 aliphatic heterocycles. The number of carbonyl (C=O) groups excluding carboxylic acids is 1. The van der Waals surface area contributed by atoms with Crippen LogP contribution in [0.5, 0.6) is 0 Å². The standard InChI is InChI=1S/C10H8N2OS/c13-10(8-4-2-1-3-5-8)11-9-6-7-14-12-9/h1-7H,(H,11,12,13). The average Bonchev–Trinajstić information content (AvgIpc) is 2.72. The smallest absolute Gasteiger partial charge is 0.256 e. The fourth-order valence-electron chi connectivity index (χ4n) is 1.06. The van der Waals surface area contributed by atoms with E-state index in [0.717, 1.165) is 0 Å². The van der Waals surface area contributed by atoms with E-state index in [1.165, 1.54) is 11.5 Å². The van der Waals surface area contributed by atoms with E-state index in [9.17, 15) is 4.79 Å². The van der Waals surface area contributed by atoms with Crippen molar-refractivity contribution in [3.05, 3.63) is 47.3 Å². The molecule has 0 aliphatic carbocycles. The zero-order valence-corrected chi connectivity index (χ0v) is 8.12. The van der Waals surface area contributed by atoms with Crippen LogP contribution >= 0.6 is 11.5 Å². The van der Waals surface area contributed by atoms with E-state index >= 15 is 0 Å². The molecule has 1 N–H and O–H groups in total. The van der Waals surface area contributed by atoms with Crippen molar-refractivity contribution in [2.24, 2.45) is 0 Å². The van der Waals surface area contributed by atoms with Crippen molar-refractivity contribution in [3.63, 3.8) is 0 Å². The highest BCUT2D eigenvalue weighted by molar-refractivity contribution is 7.03. The Bertz CT molecular complexity index is 411. The van der Waals surface area contributed by atoms with Gasteiger partial charge in [0.15, 0.2) is 0 Å². The maximum absolute atomic E-state index is 11.6. The van der Waals surface area contributed by atoms with Gasteiger partial charge in [0.25, 0.3) is 5.91 Å². The van der Waals surface area contributed by atoms with Crippen molar-refractivity contribution in [1.82, 2.24) is 4.37 Å². The Labute approximate surface area is 85.6 Å². The van der Waals surface area contributed by atoms with Crippen LogP contribution in [0.25, 0.3) is 0 Å². The van der Waals surface area contributed by atoms with Gasteiger partial charge in [-0.05, 0) is 29.7 Å². The van der Waals surface area contributed by atoms with Crippen LogP contribution in [0.4, 0.5) is 5.82 Å². The number of hydrogen-bond donors (Lipinski definition) is 1. The fraction of sp³-hybridized carbons (Fsp3) is 0. The zero-order chi connectivity index (χ0) is 9.80. The average molecular weight is 204 g/mol. The maximum Gasteiger partial charge on any atom is 0.256 e. The van der Waals surface area contributed by atoms with Crippen LogP contribution in [-0.2, 0) is 0 Å². The maximum atomic E-state index is 11.6. The normalized spacial score (nSPS) is 9.71. The lowest BCUT2D eigenvalue weighted by Gasteiger charge is -2.00. The first kappa shape index (κ1) is 8.90. The van der Waals surface area contributed by atoms with Crippen molar-refractivity contribution in [3.8, 4) is 0 Å². The van der Waals surface area contributed by atoms with Gasteiger partial charge >= 0.3 is 0 Å². The van der Waals surface area contributed by atoms with Gasteiger partial charge in [0, 0.05) is 10.9 Å². The van der Waals surface area contributed by atoms with Crippen LogP contribution in [0.15, 0.2) is 41.8 Å². The van der Waals surface area contributed by atoms with Gasteiger partial charge in [-0.25, -0.2) is 0 Å². The molecule has 2 aromatic rings. The molecule has 0 fully saturated rings. The van der Waals surface area contributed by atoms with Gasteiger partial charge in [0.2, 0.25) is 0 Å². The molecule has 0 atom stereocenters. The minimum Gasteiger partial charge on any atom is -0.306 e. The third kappa shape index (κ3) is 1.97. The van der Waals surface area contributed by atoms with Crippen molar-refractivity contribution < 1.29 is 4.79 Å². The first-order valence-electron chi connectivity index (χ1n) is 4.13. The summed E-state index contributed by atoms with van der Waals surface area (Å²) >= 11 is 1.31. The van der Waals surface area contributed by atoms with Gasteiger partial charge in [0.05, 0.1) is 0 Å². The minimum absolute atomic E-state index is 0.128. The lowest BCUT2D eigenvalue weighted by atomic mass is 10.2. The zero-order valence-electron chi connectivity index (χ0n) is 7.31. The lowest BCUT2D eigenvalue weighted by molar-refractivity contribution is 0.102. The molecule has 0 bridgehead atoms. The predicted octanol–water partition coefficient (Wildman–Crippen LogP) is 2.40. The molecule has 4 heteroatoms. The van der Waals surface area contributed by atoms with E-state index in [2.05, 4.69) is 9.69 Å². The second-order valence-corrected chi connectivity index (χ2v) is 3.37. The van der Waals surface area contributed by atoms with Crippen molar-refractivity contribution in [2.45, 2.75) is 0 Å². The van der Waals surface area contributed by atoms with Crippen LogP contribution in [0.3, 0.4) is 0 Å². The van der Waals surface area contributed by atoms with Crippen LogP contribution < -0.4 is 5.32 Å². The predicted molar refractivity (Wildman–Crippen MR) is 56.5 cm³/mol. The molecule has 1 amide bonds. The van der Waals surface area contributed by atoms with Gasteiger partial charge in [-0.1, -0.05) is 18.2 Å². The highest BCUT2D eigenvalue weighted by Gasteiger charge is 2.05. The fourth-order valence-corrected chi connectivity index (χ4v) is 1.53. The first-order chi connectivity index (χ1) is 6.86. The SMILES string of the molecule is O=C(Nc1ccsn1)c1ccccc1. The Balaban J connectivity index is 2.11. The summed E-state index contributed by atoms with van der Waals surface area (Å²) in [5.74, 6) is 0.473. The first-order valence-corrected chi connectivity index (χ1v) is 4.97. The Hall–Kier alpha value is -1.68. The van der Waals surface area contributed by atoms with Gasteiger partial charge in [-0.3, -0.25) is 4.79 Å². The van der Waals surface area contributed by atoms with Gasteiger partial charge < -0.3 is 5.32 Å². The summed E-state index contributed by atoms with van der Waals surface area (Å²) in [7, 11) is 0. The van der Waals surface area contributed by atoms with Crippen LogP contribution in [-0.4, -0.2) is 10.3 Å². The van der Waals surface area contributed by atoms with Gasteiger partial charge in [-0.15, -0.1) is 0 Å². The molecule has 0 saturated carbocycles. The van der Waals surface area contributed by atoms with Crippen LogP contribution in [0.1, 0.15) is 10.4 Å². The Morgan fingerprint density at radius 2 is 2.00 bits per heavy atom. The summed E-state index contributed by atoms with van der Waals surface area (Å²) in [5.41, 5.74) is 0.639. The number of aromatic nitrogens is 1. The molecule has 3 nitrogen and oxygen atoms in total. The number of benzene rings is 1. The Morgan fingerprint density at radius 3 is 2.64 bits per heavy atom. The molecule has 0 radical (unpaired) electrons. The highest BCUT2D eigenvalue weighted by atomic mass is 32.1. The van der Waals surface area contributed by atoms with Gasteiger partial charge in [-0.2, -0.15) is 4.37 Å². The molecule has 1 heterocycles. The molecular weight excluding hydrogens is 196 g/mol. The molecular formula is C10H8N2OS. The molecule has 0 spiro atoms. The summed E-state index contributed by atoms with van der Waals surface area (Å²) in [5, 5.41) is 4.52. The second-order valence-electron chi connectivity index (χ2n) is 2.70. The topological polar surface area (TPSA) is 42.0 Å². The third-order valence-corrected chi connectivity index (χ3v) is 2.28. The second kappa shape index (κ2) is 4.02. The summed E-state index contributed by atoms with van der Waals surface area (Å²) in [6.07, 6.45) is 0. The number of amides is 1. The van der Waals surface area contributed by atoms with Crippen LogP contribution in [0.2, 0.25) is 0 Å². The van der Waals surface area contributed by atoms with Crippen molar-refractivity contribution in [2.75, 3.05) is 5.32 Å². The quantitative estimate of drug-likeness (QED) is 0.816.